The van der Waals surface area contributed by atoms with Gasteiger partial charge in [-0.25, -0.2) is 0 Å². The van der Waals surface area contributed by atoms with Crippen molar-refractivity contribution in [1.82, 2.24) is 0 Å². The van der Waals surface area contributed by atoms with E-state index in [1.807, 2.05) is 76.2 Å². The minimum Gasteiger partial charge on any atom is -0.399 e. The van der Waals surface area contributed by atoms with Gasteiger partial charge in [0.05, 0.1) is 51.7 Å². The van der Waals surface area contributed by atoms with Gasteiger partial charge in [0, 0.05) is 0 Å². The van der Waals surface area contributed by atoms with Gasteiger partial charge in [0.2, 0.25) is 0 Å². The Morgan fingerprint density at radius 2 is 0.560 bits per heavy atom. The lowest BCUT2D eigenvalue weighted by Gasteiger charge is -2.32. The van der Waals surface area contributed by atoms with Crippen molar-refractivity contribution in [2.75, 3.05) is 0 Å². The molecule has 4 aliphatic rings. The van der Waals surface area contributed by atoms with Crippen molar-refractivity contribution in [3.05, 3.63) is 267 Å². The zero-order chi connectivity index (χ0) is 75.0. The molecule has 0 N–H and O–H groups in total. The first-order valence-electron chi connectivity index (χ1n) is 37.3. The number of fused-ring (bicyclic) bond motifs is 4. The Kier molecular flexibility index (Phi) is 17.3. The van der Waals surface area contributed by atoms with Crippen molar-refractivity contribution in [2.24, 2.45) is 0 Å². The van der Waals surface area contributed by atoms with Gasteiger partial charge < -0.3 is 37.2 Å². The summed E-state index contributed by atoms with van der Waals surface area (Å²) in [5.41, 5.74) is 9.13. The van der Waals surface area contributed by atoms with Gasteiger partial charge in [0.1, 0.15) is 0 Å². The van der Waals surface area contributed by atoms with Crippen LogP contribution in [0.25, 0.3) is 87.6 Å². The summed E-state index contributed by atoms with van der Waals surface area (Å²) in [5, 5.41) is 8.88. The highest BCUT2D eigenvalue weighted by Gasteiger charge is 2.55. The third kappa shape index (κ3) is 13.8. The summed E-state index contributed by atoms with van der Waals surface area (Å²) in [5.74, 6) is 0. The Labute approximate surface area is 601 Å². The van der Waals surface area contributed by atoms with Gasteiger partial charge in [-0.3, -0.25) is 0 Å². The van der Waals surface area contributed by atoms with Crippen molar-refractivity contribution in [3.63, 3.8) is 0 Å². The largest absolute Gasteiger partial charge is 0.495 e. The predicted molar refractivity (Wildman–Crippen MR) is 420 cm³/mol. The van der Waals surface area contributed by atoms with Gasteiger partial charge in [-0.15, -0.1) is 0 Å². The molecule has 4 aliphatic heterocycles. The van der Waals surface area contributed by atoms with Crippen LogP contribution in [-0.2, 0) is 37.2 Å². The molecule has 0 amide bonds. The molecule has 0 bridgehead atoms. The van der Waals surface area contributed by atoms with Gasteiger partial charge in [0.25, 0.3) is 0 Å². The Bertz CT molecular complexity index is 5130. The van der Waals surface area contributed by atoms with Crippen molar-refractivity contribution >= 4 is 93.4 Å². The molecule has 100 heavy (non-hydrogen) atoms. The predicted octanol–water partition coefficient (Wildman–Crippen LogP) is 19.2. The Hall–Kier alpha value is -8.38. The molecule has 8 nitrogen and oxygen atoms in total. The van der Waals surface area contributed by atoms with Crippen LogP contribution in [0, 0.1) is 0 Å². The second kappa shape index (κ2) is 27.2. The van der Waals surface area contributed by atoms with Crippen LogP contribution in [0.3, 0.4) is 0 Å². The van der Waals surface area contributed by atoms with E-state index in [-0.39, 0.29) is 84.7 Å². The third-order valence-corrected chi connectivity index (χ3v) is 21.8. The number of hydrogen-bond donors (Lipinski definition) is 0. The molecule has 0 aliphatic carbocycles. The molecule has 0 radical (unpaired) electrons. The minimum atomic E-state index is -0.561. The maximum absolute atomic E-state index is 8.35. The summed E-state index contributed by atoms with van der Waals surface area (Å²) in [7, 11) is -1.62. The quantitative estimate of drug-likeness (QED) is 0.139. The van der Waals surface area contributed by atoms with Crippen LogP contribution in [-0.4, -0.2) is 73.3 Å². The first-order chi connectivity index (χ1) is 49.6. The van der Waals surface area contributed by atoms with E-state index in [0.717, 1.165) is 32.6 Å². The topological polar surface area (TPSA) is 73.8 Å². The molecule has 0 unspecified atom stereocenters. The summed E-state index contributed by atoms with van der Waals surface area (Å²) in [6.45, 7) is 33.1. The van der Waals surface area contributed by atoms with E-state index < -0.39 is 24.4 Å². The first kappa shape index (κ1) is 63.8. The van der Waals surface area contributed by atoms with E-state index in [1.165, 1.54) is 65.7 Å². The molecule has 504 valence electrons. The second-order valence-corrected chi connectivity index (χ2v) is 30.5. The van der Waals surface area contributed by atoms with Gasteiger partial charge in [-0.2, -0.15) is 0 Å². The third-order valence-electron chi connectivity index (χ3n) is 21.8. The van der Waals surface area contributed by atoms with E-state index >= 15 is 0 Å². The molecule has 12 aromatic rings. The molecule has 12 heteroatoms. The van der Waals surface area contributed by atoms with Crippen molar-refractivity contribution in [3.8, 4) is 44.5 Å². The summed E-state index contributed by atoms with van der Waals surface area (Å²) in [4.78, 5) is 0. The maximum atomic E-state index is 8.35. The van der Waals surface area contributed by atoms with Crippen molar-refractivity contribution in [1.29, 1.82) is 0 Å². The Morgan fingerprint density at radius 1 is 0.230 bits per heavy atom. The fourth-order valence-electron chi connectivity index (χ4n) is 13.1. The molecule has 4 fully saturated rings. The second-order valence-electron chi connectivity index (χ2n) is 30.5. The highest BCUT2D eigenvalue weighted by atomic mass is 16.7. The number of hydrogen-bond acceptors (Lipinski definition) is 8. The Morgan fingerprint density at radius 3 is 1.01 bits per heavy atom. The monoisotopic (exact) mass is 1330 g/mol. The van der Waals surface area contributed by atoms with E-state index in [4.69, 9.17) is 44.1 Å². The SMILES string of the molecule is CC1(C)OB(c2cc(-c3ccccc3)c3ccccc3c2)OC1(C)C.CC1(C)OB(c2cc(-c3ccccc3)cc3ccccc23)OC1(C)C.CC1(C)OB(c2cccc3c(-c4ccccc4)cccc23)OC1(C)C.[2H]c1c([2H])c([2H])c(-c2cccc3c(B4OC(C)(C)C(C)(C)O4)cccc23)c([2H])c1[2H]. The lowest BCUT2D eigenvalue weighted by Crippen LogP contribution is -2.41. The van der Waals surface area contributed by atoms with Crippen LogP contribution < -0.4 is 21.9 Å². The molecule has 4 saturated heterocycles. The van der Waals surface area contributed by atoms with Gasteiger partial charge in [-0.05, 0) is 226 Å². The van der Waals surface area contributed by atoms with E-state index in [9.17, 15) is 0 Å². The summed E-state index contributed by atoms with van der Waals surface area (Å²) in [6.07, 6.45) is 0. The summed E-state index contributed by atoms with van der Waals surface area (Å²) < 4.78 is 90.8. The average Bonchev–Trinajstić information content (AvgIpc) is 1.68. The molecule has 12 aromatic carbocycles. The molecule has 0 atom stereocenters. The molecule has 0 aromatic heterocycles. The van der Waals surface area contributed by atoms with E-state index in [1.54, 1.807) is 6.07 Å². The van der Waals surface area contributed by atoms with Gasteiger partial charge >= 0.3 is 28.5 Å². The molecule has 4 heterocycles. The Balaban J connectivity index is 0.000000125. The van der Waals surface area contributed by atoms with E-state index in [2.05, 4.69) is 265 Å². The fraction of sp³-hybridized carbons (Fsp3) is 0.273. The highest BCUT2D eigenvalue weighted by molar-refractivity contribution is 6.66. The standard InChI is InChI=1S/4C22H23BO2/c2*1-21(2)22(3,4)25-23(24-21)20-15-9-13-18-17(12-8-14-19(18)20)16-10-6-5-7-11-16;1-21(2)22(3,4)25-23(24-21)18-14-17-12-8-9-13-19(17)20(15-18)16-10-6-5-7-11-16;1-21(2)22(3,4)25-23(24-21)20-15-18(16-10-6-5-7-11-16)14-17-12-8-9-13-19(17)20/h4*5-15H,1-4H3/i5D,6D,7D,10D,11D;;;. The molecule has 0 spiro atoms. The van der Waals surface area contributed by atoms with Gasteiger partial charge in [0.15, 0.2) is 0 Å². The molecular formula is C88H92B4O8. The maximum Gasteiger partial charge on any atom is 0.495 e. The first-order valence-corrected chi connectivity index (χ1v) is 34.8. The van der Waals surface area contributed by atoms with Crippen molar-refractivity contribution in [2.45, 2.75) is 156 Å². The molecule has 0 saturated carbocycles. The fourth-order valence-corrected chi connectivity index (χ4v) is 13.1. The molecular weight excluding hydrogens is 1230 g/mol. The van der Waals surface area contributed by atoms with Crippen LogP contribution in [0.4, 0.5) is 0 Å². The smallest absolute Gasteiger partial charge is 0.399 e. The summed E-state index contributed by atoms with van der Waals surface area (Å²) >= 11 is 0. The normalized spacial score (nSPS) is 19.3. The zero-order valence-electron chi connectivity index (χ0n) is 65.6. The van der Waals surface area contributed by atoms with Crippen LogP contribution in [0.1, 0.15) is 118 Å². The van der Waals surface area contributed by atoms with Crippen LogP contribution in [0.5, 0.6) is 0 Å². The van der Waals surface area contributed by atoms with Crippen LogP contribution >= 0.6 is 0 Å². The highest BCUT2D eigenvalue weighted by Crippen LogP contribution is 2.42. The average molecular weight is 1330 g/mol. The summed E-state index contributed by atoms with van der Waals surface area (Å²) in [6, 6.07) is 79.8. The van der Waals surface area contributed by atoms with E-state index in [0.29, 0.717) is 5.56 Å². The lowest BCUT2D eigenvalue weighted by atomic mass is 9.74. The van der Waals surface area contributed by atoms with Gasteiger partial charge in [-0.1, -0.05) is 261 Å². The van der Waals surface area contributed by atoms with Crippen LogP contribution in [0.15, 0.2) is 267 Å². The minimum absolute atomic E-state index is 0.192. The lowest BCUT2D eigenvalue weighted by molar-refractivity contribution is 0.00578. The number of benzene rings is 12. The molecule has 16 rings (SSSR count). The van der Waals surface area contributed by atoms with Crippen LogP contribution in [0.2, 0.25) is 0 Å². The van der Waals surface area contributed by atoms with Crippen molar-refractivity contribution < 1.29 is 44.1 Å². The number of rotatable bonds is 8. The zero-order valence-corrected chi connectivity index (χ0v) is 60.6.